The van der Waals surface area contributed by atoms with Gasteiger partial charge in [0.05, 0.1) is 39.1 Å². The van der Waals surface area contributed by atoms with Crippen molar-refractivity contribution < 1.29 is 23.9 Å². The molecule has 4 aliphatic heterocycles. The fourth-order valence-corrected chi connectivity index (χ4v) is 7.25. The van der Waals surface area contributed by atoms with E-state index in [9.17, 15) is 9.90 Å². The summed E-state index contributed by atoms with van der Waals surface area (Å²) < 4.78 is 14.1. The number of hydrogen-bond donors (Lipinski definition) is 1. The van der Waals surface area contributed by atoms with Gasteiger partial charge < -0.3 is 23.6 Å². The third-order valence-corrected chi connectivity index (χ3v) is 8.53. The Hall–Kier alpha value is -2.31. The zero-order valence-electron chi connectivity index (χ0n) is 18.4. The van der Waals surface area contributed by atoms with Crippen LogP contribution in [0.25, 0.3) is 10.9 Å². The Morgan fingerprint density at radius 1 is 1.40 bits per heavy atom. The normalized spacial score (nSPS) is 35.5. The van der Waals surface area contributed by atoms with E-state index in [1.165, 1.54) is 29.3 Å². The van der Waals surface area contributed by atoms with Gasteiger partial charge in [-0.2, -0.15) is 0 Å². The van der Waals surface area contributed by atoms with Crippen molar-refractivity contribution in [1.29, 1.82) is 0 Å². The number of aryl methyl sites for hydroxylation is 1. The van der Waals surface area contributed by atoms with Crippen molar-refractivity contribution in [3.05, 3.63) is 41.1 Å². The van der Waals surface area contributed by atoms with Gasteiger partial charge in [0, 0.05) is 31.2 Å². The number of allylic oxidation sites excluding steroid dienone is 1. The molecule has 5 atom stereocenters. The first kappa shape index (κ1) is 19.6. The molecule has 1 aromatic heterocycles. The van der Waals surface area contributed by atoms with Gasteiger partial charge in [-0.1, -0.05) is 18.2 Å². The lowest BCUT2D eigenvalue weighted by Gasteiger charge is -2.66. The van der Waals surface area contributed by atoms with Crippen LogP contribution in [0.2, 0.25) is 0 Å². The Morgan fingerprint density at radius 3 is 2.80 bits per heavy atom. The van der Waals surface area contributed by atoms with Gasteiger partial charge in [0.15, 0.2) is 0 Å². The lowest BCUT2D eigenvalue weighted by Crippen LogP contribution is -2.77. The number of aliphatic hydroxyl groups is 1. The molecule has 0 radical (unpaired) electrons. The molecule has 160 valence electrons. The molecule has 4 bridgehead atoms. The van der Waals surface area contributed by atoms with Gasteiger partial charge in [-0.3, -0.25) is 4.79 Å². The molecule has 6 heteroatoms. The molecule has 4 aliphatic rings. The number of methoxy groups -OCH3 is 2. The van der Waals surface area contributed by atoms with Crippen molar-refractivity contribution >= 4 is 16.9 Å². The second-order valence-corrected chi connectivity index (χ2v) is 9.36. The number of aliphatic hydroxyl groups excluding tert-OH is 1. The van der Waals surface area contributed by atoms with E-state index in [1.807, 2.05) is 19.1 Å². The van der Waals surface area contributed by atoms with Crippen molar-refractivity contribution in [2.45, 2.75) is 31.8 Å². The summed E-state index contributed by atoms with van der Waals surface area (Å²) in [5, 5.41) is 11.9. The molecule has 0 amide bonds. The zero-order valence-corrected chi connectivity index (χ0v) is 18.4. The summed E-state index contributed by atoms with van der Waals surface area (Å²) in [6, 6.07) is 6.45. The number of nitrogens with zero attached hydrogens (tertiary/aromatic N) is 2. The topological polar surface area (TPSA) is 60.7 Å². The van der Waals surface area contributed by atoms with Crippen LogP contribution in [0.1, 0.15) is 30.6 Å². The number of benzene rings is 1. The number of likely N-dealkylation sites (N-methyl/N-ethyl adjacent to an activating group) is 1. The van der Waals surface area contributed by atoms with Crippen LogP contribution in [0.4, 0.5) is 0 Å². The first-order valence-electron chi connectivity index (χ1n) is 10.7. The minimum atomic E-state index is -0.904. The molecule has 30 heavy (non-hydrogen) atoms. The molecule has 3 saturated heterocycles. The number of fused-ring (bicyclic) bond motifs is 4. The third kappa shape index (κ3) is 2.04. The SMILES string of the molecule is C/C=C1/C[N+]2(C)[C@H]3C[C@@H]1[C@@](CO)(C(=O)OC)[C@@H]2Cc1c3n(C)c2c(OC)cccc12. The van der Waals surface area contributed by atoms with Crippen LogP contribution in [-0.2, 0) is 23.0 Å². The average molecular weight is 412 g/mol. The molecule has 6 nitrogen and oxygen atoms in total. The fourth-order valence-electron chi connectivity index (χ4n) is 7.25. The minimum Gasteiger partial charge on any atom is -0.495 e. The minimum absolute atomic E-state index is 0.00274. The standard InChI is InChI=1S/C24H31N2O4/c1-6-14-12-26(3)18-11-17(14)24(13-27,23(28)30-5)20(26)10-16-15-8-7-9-19(29-4)22(15)25(2)21(16)18/h6-9,17-18,20,27H,10-13H2,1-5H3/q+1/b14-6-/t17-,18-,20-,24+,26?/m0/s1. The van der Waals surface area contributed by atoms with Gasteiger partial charge in [0.25, 0.3) is 0 Å². The predicted octanol–water partition coefficient (Wildman–Crippen LogP) is 2.73. The Morgan fingerprint density at radius 2 is 2.17 bits per heavy atom. The Kier molecular flexibility index (Phi) is 4.15. The van der Waals surface area contributed by atoms with E-state index < -0.39 is 5.41 Å². The summed E-state index contributed by atoms with van der Waals surface area (Å²) >= 11 is 0. The smallest absolute Gasteiger partial charge is 0.320 e. The summed E-state index contributed by atoms with van der Waals surface area (Å²) in [7, 11) is 7.56. The van der Waals surface area contributed by atoms with Crippen LogP contribution in [0.3, 0.4) is 0 Å². The Bertz CT molecular complexity index is 1090. The number of para-hydroxylation sites is 1. The Balaban J connectivity index is 1.81. The number of quaternary nitrogens is 1. The number of ether oxygens (including phenoxy) is 2. The highest BCUT2D eigenvalue weighted by Crippen LogP contribution is 2.63. The first-order valence-corrected chi connectivity index (χ1v) is 10.7. The van der Waals surface area contributed by atoms with Gasteiger partial charge in [-0.05, 0) is 24.1 Å². The molecule has 1 N–H and O–H groups in total. The molecule has 6 rings (SSSR count). The van der Waals surface area contributed by atoms with Crippen molar-refractivity contribution in [3.8, 4) is 5.75 Å². The van der Waals surface area contributed by atoms with E-state index in [1.54, 1.807) is 7.11 Å². The zero-order chi connectivity index (χ0) is 21.4. The van der Waals surface area contributed by atoms with Crippen LogP contribution in [-0.4, -0.2) is 60.6 Å². The Labute approximate surface area is 177 Å². The number of piperidine rings is 3. The van der Waals surface area contributed by atoms with Crippen molar-refractivity contribution in [2.24, 2.45) is 18.4 Å². The van der Waals surface area contributed by atoms with Crippen molar-refractivity contribution in [3.63, 3.8) is 0 Å². The number of aromatic nitrogens is 1. The van der Waals surface area contributed by atoms with Gasteiger partial charge in [0.1, 0.15) is 29.8 Å². The molecule has 0 spiro atoms. The van der Waals surface area contributed by atoms with Crippen LogP contribution in [0.15, 0.2) is 29.8 Å². The number of esters is 1. The molecule has 2 aromatic rings. The van der Waals surface area contributed by atoms with Crippen molar-refractivity contribution in [1.82, 2.24) is 4.57 Å². The fraction of sp³-hybridized carbons (Fsp3) is 0.542. The van der Waals surface area contributed by atoms with E-state index in [4.69, 9.17) is 9.47 Å². The largest absolute Gasteiger partial charge is 0.495 e. The van der Waals surface area contributed by atoms with Gasteiger partial charge >= 0.3 is 5.97 Å². The maximum Gasteiger partial charge on any atom is 0.320 e. The second-order valence-electron chi connectivity index (χ2n) is 9.36. The van der Waals surface area contributed by atoms with E-state index in [2.05, 4.69) is 30.8 Å². The monoisotopic (exact) mass is 411 g/mol. The van der Waals surface area contributed by atoms with Crippen LogP contribution in [0, 0.1) is 11.3 Å². The third-order valence-electron chi connectivity index (χ3n) is 8.53. The summed E-state index contributed by atoms with van der Waals surface area (Å²) in [4.78, 5) is 13.3. The maximum atomic E-state index is 13.3. The second kappa shape index (κ2) is 6.34. The van der Waals surface area contributed by atoms with E-state index >= 15 is 0 Å². The quantitative estimate of drug-likeness (QED) is 0.479. The summed E-state index contributed by atoms with van der Waals surface area (Å²) in [5.41, 5.74) is 4.12. The number of carbonyl (C=O) groups is 1. The van der Waals surface area contributed by atoms with Gasteiger partial charge in [-0.25, -0.2) is 0 Å². The summed E-state index contributed by atoms with van der Waals surface area (Å²) in [6.45, 7) is 2.77. The molecule has 1 unspecified atom stereocenters. The highest BCUT2D eigenvalue weighted by atomic mass is 16.5. The molecular weight excluding hydrogens is 380 g/mol. The lowest BCUT2D eigenvalue weighted by atomic mass is 9.54. The van der Waals surface area contributed by atoms with Crippen molar-refractivity contribution in [2.75, 3.05) is 34.4 Å². The van der Waals surface area contributed by atoms with Gasteiger partial charge in [0.2, 0.25) is 0 Å². The molecular formula is C24H31N2O4+. The summed E-state index contributed by atoms with van der Waals surface area (Å²) in [5.74, 6) is 0.600. The van der Waals surface area contributed by atoms with Crippen LogP contribution >= 0.6 is 0 Å². The predicted molar refractivity (Wildman–Crippen MR) is 114 cm³/mol. The number of hydrogen-bond acceptors (Lipinski definition) is 4. The van der Waals surface area contributed by atoms with Gasteiger partial charge in [-0.15, -0.1) is 0 Å². The molecule has 5 heterocycles. The van der Waals surface area contributed by atoms with Crippen LogP contribution < -0.4 is 4.74 Å². The highest BCUT2D eigenvalue weighted by molar-refractivity contribution is 5.91. The summed E-state index contributed by atoms with van der Waals surface area (Å²) in [6.07, 6.45) is 3.73. The molecule has 0 aliphatic carbocycles. The molecule has 0 saturated carbocycles. The number of carbonyl (C=O) groups excluding carboxylic acids is 1. The average Bonchev–Trinajstić information content (AvgIpc) is 3.04. The van der Waals surface area contributed by atoms with E-state index in [-0.39, 0.29) is 30.6 Å². The van der Waals surface area contributed by atoms with E-state index in [0.29, 0.717) is 0 Å². The highest BCUT2D eigenvalue weighted by Gasteiger charge is 2.72. The first-order chi connectivity index (χ1) is 14.4. The maximum absolute atomic E-state index is 13.3. The number of rotatable bonds is 3. The van der Waals surface area contributed by atoms with E-state index in [0.717, 1.165) is 35.1 Å². The van der Waals surface area contributed by atoms with Crippen LogP contribution in [0.5, 0.6) is 5.75 Å². The molecule has 1 aromatic carbocycles. The molecule has 3 fully saturated rings. The lowest BCUT2D eigenvalue weighted by molar-refractivity contribution is -0.981.